The van der Waals surface area contributed by atoms with Gasteiger partial charge in [-0.3, -0.25) is 14.9 Å². The fourth-order valence-electron chi connectivity index (χ4n) is 2.69. The van der Waals surface area contributed by atoms with Crippen LogP contribution in [0.2, 0.25) is 0 Å². The topological polar surface area (TPSA) is 111 Å². The van der Waals surface area contributed by atoms with Crippen LogP contribution in [0.1, 0.15) is 25.0 Å². The summed E-state index contributed by atoms with van der Waals surface area (Å²) in [5.41, 5.74) is 1.63. The molecule has 0 amide bonds. The van der Waals surface area contributed by atoms with E-state index in [1.54, 1.807) is 24.3 Å². The van der Waals surface area contributed by atoms with Gasteiger partial charge in [0.1, 0.15) is 12.6 Å². The fraction of sp³-hybridized carbons (Fsp3) is 0.350. The maximum absolute atomic E-state index is 11.3. The molecule has 0 aromatic heterocycles. The number of carboxylic acid groups (broad SMARTS) is 1. The van der Waals surface area contributed by atoms with Crippen molar-refractivity contribution in [2.45, 2.75) is 33.0 Å². The Labute approximate surface area is 177 Å². The lowest BCUT2D eigenvalue weighted by atomic mass is 10.0. The Balaban J connectivity index is 2.10. The van der Waals surface area contributed by atoms with Crippen LogP contribution >= 0.6 is 15.9 Å². The Morgan fingerprint density at radius 2 is 1.90 bits per heavy atom. The van der Waals surface area contributed by atoms with Crippen molar-refractivity contribution in [1.29, 1.82) is 0 Å². The van der Waals surface area contributed by atoms with Gasteiger partial charge in [0.25, 0.3) is 5.69 Å². The van der Waals surface area contributed by atoms with E-state index in [0.717, 1.165) is 15.6 Å². The standard InChI is InChI=1S/C20H23BrN2O6/c1-12(2)19(20(24)25)22-10-14-8-17(28-3)18(9-16(14)21)29-11-13-4-6-15(7-5-13)23(26)27/h4-9,12,19,22H,10-11H2,1-3H3,(H,24,25). The van der Waals surface area contributed by atoms with Crippen LogP contribution < -0.4 is 14.8 Å². The number of carboxylic acids is 1. The van der Waals surface area contributed by atoms with Crippen molar-refractivity contribution in [2.75, 3.05) is 7.11 Å². The number of methoxy groups -OCH3 is 1. The van der Waals surface area contributed by atoms with E-state index in [9.17, 15) is 20.0 Å². The molecule has 0 bridgehead atoms. The number of ether oxygens (including phenoxy) is 2. The first-order valence-electron chi connectivity index (χ1n) is 8.91. The second-order valence-corrected chi connectivity index (χ2v) is 7.60. The minimum atomic E-state index is -0.897. The summed E-state index contributed by atoms with van der Waals surface area (Å²) in [7, 11) is 1.52. The van der Waals surface area contributed by atoms with Crippen molar-refractivity contribution < 1.29 is 24.3 Å². The van der Waals surface area contributed by atoms with Crippen molar-refractivity contribution in [2.24, 2.45) is 5.92 Å². The quantitative estimate of drug-likeness (QED) is 0.399. The monoisotopic (exact) mass is 466 g/mol. The van der Waals surface area contributed by atoms with E-state index in [4.69, 9.17) is 9.47 Å². The zero-order valence-corrected chi connectivity index (χ0v) is 17.9. The second kappa shape index (κ2) is 10.2. The smallest absolute Gasteiger partial charge is 0.320 e. The number of nitro benzene ring substituents is 1. The zero-order chi connectivity index (χ0) is 21.6. The first-order valence-corrected chi connectivity index (χ1v) is 9.71. The maximum Gasteiger partial charge on any atom is 0.320 e. The minimum absolute atomic E-state index is 0.0204. The Bertz CT molecular complexity index is 870. The largest absolute Gasteiger partial charge is 0.493 e. The zero-order valence-electron chi connectivity index (χ0n) is 16.3. The predicted octanol–water partition coefficient (Wildman–Crippen LogP) is 4.14. The third-order valence-corrected chi connectivity index (χ3v) is 5.06. The van der Waals surface area contributed by atoms with Crippen molar-refractivity contribution in [3.63, 3.8) is 0 Å². The number of hydrogen-bond acceptors (Lipinski definition) is 6. The van der Waals surface area contributed by atoms with Gasteiger partial charge in [0.15, 0.2) is 11.5 Å². The van der Waals surface area contributed by atoms with Gasteiger partial charge in [0.05, 0.1) is 12.0 Å². The summed E-state index contributed by atoms with van der Waals surface area (Å²) in [6.45, 7) is 4.24. The molecule has 0 fully saturated rings. The highest BCUT2D eigenvalue weighted by Gasteiger charge is 2.21. The van der Waals surface area contributed by atoms with Crippen LogP contribution in [0.5, 0.6) is 11.5 Å². The average molecular weight is 467 g/mol. The molecule has 0 saturated heterocycles. The van der Waals surface area contributed by atoms with Crippen LogP contribution in [0.4, 0.5) is 5.69 Å². The molecule has 2 aromatic carbocycles. The predicted molar refractivity (Wildman–Crippen MR) is 111 cm³/mol. The minimum Gasteiger partial charge on any atom is -0.493 e. The Kier molecular flexibility index (Phi) is 7.98. The third-order valence-electron chi connectivity index (χ3n) is 4.32. The number of benzene rings is 2. The molecule has 156 valence electrons. The highest BCUT2D eigenvalue weighted by Crippen LogP contribution is 2.34. The highest BCUT2D eigenvalue weighted by atomic mass is 79.9. The number of carbonyl (C=O) groups is 1. The van der Waals surface area contributed by atoms with E-state index >= 15 is 0 Å². The van der Waals surface area contributed by atoms with Gasteiger partial charge in [-0.15, -0.1) is 0 Å². The molecule has 29 heavy (non-hydrogen) atoms. The summed E-state index contributed by atoms with van der Waals surface area (Å²) in [5.74, 6) is 0.0482. The number of aliphatic carboxylic acids is 1. The molecule has 0 aliphatic carbocycles. The van der Waals surface area contributed by atoms with Crippen LogP contribution in [0.15, 0.2) is 40.9 Å². The molecular formula is C20H23BrN2O6. The van der Waals surface area contributed by atoms with E-state index in [2.05, 4.69) is 21.2 Å². The van der Waals surface area contributed by atoms with Crippen LogP contribution in [0, 0.1) is 16.0 Å². The molecule has 8 nitrogen and oxygen atoms in total. The SMILES string of the molecule is COc1cc(CNC(C(=O)O)C(C)C)c(Br)cc1OCc1ccc([N+](=O)[O-])cc1. The number of nitrogens with zero attached hydrogens (tertiary/aromatic N) is 1. The van der Waals surface area contributed by atoms with Crippen molar-refractivity contribution in [3.8, 4) is 11.5 Å². The molecule has 9 heteroatoms. The van der Waals surface area contributed by atoms with E-state index in [0.29, 0.717) is 18.0 Å². The van der Waals surface area contributed by atoms with E-state index in [-0.39, 0.29) is 18.2 Å². The molecule has 2 N–H and O–H groups in total. The number of hydrogen-bond donors (Lipinski definition) is 2. The Hall–Kier alpha value is -2.65. The van der Waals surface area contributed by atoms with Crippen LogP contribution in [-0.2, 0) is 17.9 Å². The molecule has 2 rings (SSSR count). The van der Waals surface area contributed by atoms with E-state index < -0.39 is 16.9 Å². The first kappa shape index (κ1) is 22.6. The molecule has 1 unspecified atom stereocenters. The maximum atomic E-state index is 11.3. The highest BCUT2D eigenvalue weighted by molar-refractivity contribution is 9.10. The van der Waals surface area contributed by atoms with Gasteiger partial charge in [-0.25, -0.2) is 0 Å². The van der Waals surface area contributed by atoms with Gasteiger partial charge in [0, 0.05) is 23.2 Å². The molecule has 0 saturated carbocycles. The van der Waals surface area contributed by atoms with Gasteiger partial charge in [-0.05, 0) is 41.3 Å². The summed E-state index contributed by atoms with van der Waals surface area (Å²) in [6.07, 6.45) is 0. The first-order chi connectivity index (χ1) is 13.7. The van der Waals surface area contributed by atoms with Crippen molar-refractivity contribution >= 4 is 27.6 Å². The Morgan fingerprint density at radius 3 is 2.41 bits per heavy atom. The molecule has 1 atom stereocenters. The number of nitro groups is 1. The van der Waals surface area contributed by atoms with Gasteiger partial charge in [-0.2, -0.15) is 0 Å². The summed E-state index contributed by atoms with van der Waals surface area (Å²) in [4.78, 5) is 21.6. The van der Waals surface area contributed by atoms with Crippen molar-refractivity contribution in [1.82, 2.24) is 5.32 Å². The van der Waals surface area contributed by atoms with Crippen LogP contribution in [-0.4, -0.2) is 29.2 Å². The molecule has 2 aromatic rings. The van der Waals surface area contributed by atoms with E-state index in [1.807, 2.05) is 13.8 Å². The molecule has 0 aliphatic heterocycles. The summed E-state index contributed by atoms with van der Waals surface area (Å²) < 4.78 is 12.0. The molecule has 0 heterocycles. The molecule has 0 aliphatic rings. The third kappa shape index (κ3) is 6.16. The number of nitrogens with one attached hydrogen (secondary N) is 1. The summed E-state index contributed by atoms with van der Waals surface area (Å²) >= 11 is 3.49. The summed E-state index contributed by atoms with van der Waals surface area (Å²) in [5, 5.41) is 23.1. The van der Waals surface area contributed by atoms with Crippen LogP contribution in [0.3, 0.4) is 0 Å². The molecular weight excluding hydrogens is 444 g/mol. The van der Waals surface area contributed by atoms with Gasteiger partial charge in [0.2, 0.25) is 0 Å². The Morgan fingerprint density at radius 1 is 1.24 bits per heavy atom. The number of rotatable bonds is 10. The fourth-order valence-corrected chi connectivity index (χ4v) is 3.15. The lowest BCUT2D eigenvalue weighted by molar-refractivity contribution is -0.384. The lowest BCUT2D eigenvalue weighted by Gasteiger charge is -2.19. The number of non-ortho nitro benzene ring substituents is 1. The van der Waals surface area contributed by atoms with Gasteiger partial charge in [-0.1, -0.05) is 29.8 Å². The molecule has 0 spiro atoms. The lowest BCUT2D eigenvalue weighted by Crippen LogP contribution is -2.40. The van der Waals surface area contributed by atoms with Gasteiger partial charge < -0.3 is 19.9 Å². The normalized spacial score (nSPS) is 11.9. The summed E-state index contributed by atoms with van der Waals surface area (Å²) in [6, 6.07) is 8.99. The second-order valence-electron chi connectivity index (χ2n) is 6.75. The van der Waals surface area contributed by atoms with Crippen LogP contribution in [0.25, 0.3) is 0 Å². The van der Waals surface area contributed by atoms with Crippen molar-refractivity contribution in [3.05, 3.63) is 62.1 Å². The van der Waals surface area contributed by atoms with E-state index in [1.165, 1.54) is 19.2 Å². The molecule has 0 radical (unpaired) electrons. The van der Waals surface area contributed by atoms with Gasteiger partial charge >= 0.3 is 5.97 Å². The number of halogens is 1. The average Bonchev–Trinajstić information content (AvgIpc) is 2.67.